The molecule has 2 rings (SSSR count). The molecule has 0 bridgehead atoms. The topological polar surface area (TPSA) is 38.1 Å². The Morgan fingerprint density at radius 3 is 2.55 bits per heavy atom. The van der Waals surface area contributed by atoms with Gasteiger partial charge in [-0.1, -0.05) is 13.8 Å². The smallest absolute Gasteiger partial charge is 0.165 e. The fourth-order valence-corrected chi connectivity index (χ4v) is 3.19. The van der Waals surface area contributed by atoms with E-state index in [0.717, 1.165) is 22.9 Å². The maximum Gasteiger partial charge on any atom is 0.165 e. The molecular formula is C16H24N2OS. The molecule has 0 fully saturated rings. The Kier molecular flexibility index (Phi) is 4.35. The highest BCUT2D eigenvalue weighted by molar-refractivity contribution is 7.15. The average molecular weight is 292 g/mol. The van der Waals surface area contributed by atoms with E-state index in [9.17, 15) is 0 Å². The van der Waals surface area contributed by atoms with Crippen LogP contribution in [-0.4, -0.2) is 10.5 Å². The first-order valence-corrected chi connectivity index (χ1v) is 7.88. The normalized spacial score (nSPS) is 12.3. The molecule has 20 heavy (non-hydrogen) atoms. The summed E-state index contributed by atoms with van der Waals surface area (Å²) in [6.07, 6.45) is 1.73. The lowest BCUT2D eigenvalue weighted by Crippen LogP contribution is -2.35. The highest BCUT2D eigenvalue weighted by Crippen LogP contribution is 2.33. The van der Waals surface area contributed by atoms with Crippen LogP contribution in [0.1, 0.15) is 56.7 Å². The maximum absolute atomic E-state index is 5.57. The van der Waals surface area contributed by atoms with Crippen LogP contribution in [-0.2, 0) is 6.54 Å². The molecule has 0 atom stereocenters. The number of thiazole rings is 1. The summed E-state index contributed by atoms with van der Waals surface area (Å²) in [6, 6.07) is 1.98. The van der Waals surface area contributed by atoms with Crippen LogP contribution in [0.15, 0.2) is 16.7 Å². The molecule has 3 nitrogen and oxygen atoms in total. The van der Waals surface area contributed by atoms with Crippen molar-refractivity contribution in [2.24, 2.45) is 0 Å². The van der Waals surface area contributed by atoms with Crippen molar-refractivity contribution in [1.29, 1.82) is 0 Å². The molecule has 0 aromatic carbocycles. The number of hydrogen-bond acceptors (Lipinski definition) is 4. The Hall–Kier alpha value is -1.13. The average Bonchev–Trinajstić information content (AvgIpc) is 2.91. The molecule has 0 spiro atoms. The van der Waals surface area contributed by atoms with Gasteiger partial charge in [-0.15, -0.1) is 11.3 Å². The fraction of sp³-hybridized carbons (Fsp3) is 0.562. The second-order valence-electron chi connectivity index (χ2n) is 6.52. The Morgan fingerprint density at radius 1 is 1.35 bits per heavy atom. The van der Waals surface area contributed by atoms with E-state index in [0.29, 0.717) is 5.92 Å². The van der Waals surface area contributed by atoms with Gasteiger partial charge in [-0.05, 0) is 45.2 Å². The molecule has 0 saturated carbocycles. The van der Waals surface area contributed by atoms with E-state index in [-0.39, 0.29) is 5.54 Å². The SMILES string of the molecule is Cc1ccoc1-c1nc(C(C)C)c(CNC(C)(C)C)s1. The van der Waals surface area contributed by atoms with Gasteiger partial charge in [0.1, 0.15) is 0 Å². The number of rotatable bonds is 4. The molecule has 0 aliphatic rings. The van der Waals surface area contributed by atoms with Crippen molar-refractivity contribution < 1.29 is 4.42 Å². The lowest BCUT2D eigenvalue weighted by Gasteiger charge is -2.20. The summed E-state index contributed by atoms with van der Waals surface area (Å²) >= 11 is 1.73. The molecule has 0 saturated heterocycles. The van der Waals surface area contributed by atoms with Crippen molar-refractivity contribution in [2.75, 3.05) is 0 Å². The minimum atomic E-state index is 0.110. The van der Waals surface area contributed by atoms with Gasteiger partial charge in [-0.2, -0.15) is 0 Å². The number of nitrogens with one attached hydrogen (secondary N) is 1. The number of aryl methyl sites for hydroxylation is 1. The van der Waals surface area contributed by atoms with Gasteiger partial charge in [0.15, 0.2) is 10.8 Å². The summed E-state index contributed by atoms with van der Waals surface area (Å²) < 4.78 is 5.57. The summed E-state index contributed by atoms with van der Waals surface area (Å²) in [5, 5.41) is 4.53. The van der Waals surface area contributed by atoms with Crippen molar-refractivity contribution >= 4 is 11.3 Å². The minimum Gasteiger partial charge on any atom is -0.462 e. The Labute approximate surface area is 125 Å². The van der Waals surface area contributed by atoms with Gasteiger partial charge in [0.25, 0.3) is 0 Å². The summed E-state index contributed by atoms with van der Waals surface area (Å²) in [5.41, 5.74) is 2.43. The van der Waals surface area contributed by atoms with Crippen LogP contribution >= 0.6 is 11.3 Å². The molecular weight excluding hydrogens is 268 g/mol. The quantitative estimate of drug-likeness (QED) is 0.885. The number of hydrogen-bond donors (Lipinski definition) is 1. The predicted octanol–water partition coefficient (Wildman–Crippen LogP) is 4.72. The number of aromatic nitrogens is 1. The van der Waals surface area contributed by atoms with Crippen molar-refractivity contribution in [3.05, 3.63) is 28.5 Å². The molecule has 0 radical (unpaired) electrons. The molecule has 0 amide bonds. The van der Waals surface area contributed by atoms with Crippen molar-refractivity contribution in [3.8, 4) is 10.8 Å². The molecule has 2 aromatic heterocycles. The summed E-state index contributed by atoms with van der Waals surface area (Å²) in [6.45, 7) is 13.8. The molecule has 0 aliphatic carbocycles. The van der Waals surface area contributed by atoms with Crippen LogP contribution in [0.25, 0.3) is 10.8 Å². The summed E-state index contributed by atoms with van der Waals surface area (Å²) in [5.74, 6) is 1.32. The zero-order chi connectivity index (χ0) is 14.9. The Balaban J connectivity index is 2.31. The molecule has 2 heterocycles. The fourth-order valence-electron chi connectivity index (χ4n) is 1.98. The molecule has 0 aliphatic heterocycles. The van der Waals surface area contributed by atoms with Crippen LogP contribution in [0.5, 0.6) is 0 Å². The Morgan fingerprint density at radius 2 is 2.05 bits per heavy atom. The van der Waals surface area contributed by atoms with Crippen LogP contribution in [0, 0.1) is 6.92 Å². The van der Waals surface area contributed by atoms with Gasteiger partial charge < -0.3 is 9.73 Å². The highest BCUT2D eigenvalue weighted by Gasteiger charge is 2.19. The predicted molar refractivity (Wildman–Crippen MR) is 85.2 cm³/mol. The van der Waals surface area contributed by atoms with Gasteiger partial charge in [-0.3, -0.25) is 0 Å². The largest absolute Gasteiger partial charge is 0.462 e. The van der Waals surface area contributed by atoms with E-state index in [1.54, 1.807) is 17.6 Å². The minimum absolute atomic E-state index is 0.110. The molecule has 4 heteroatoms. The zero-order valence-corrected chi connectivity index (χ0v) is 14.0. The third kappa shape index (κ3) is 3.49. The molecule has 1 N–H and O–H groups in total. The first kappa shape index (κ1) is 15.3. The van der Waals surface area contributed by atoms with E-state index in [2.05, 4.69) is 46.9 Å². The van der Waals surface area contributed by atoms with E-state index < -0.39 is 0 Å². The van der Waals surface area contributed by atoms with Crippen LogP contribution in [0.3, 0.4) is 0 Å². The lowest BCUT2D eigenvalue weighted by atomic mass is 10.1. The molecule has 0 unspecified atom stereocenters. The standard InChI is InChI=1S/C16H24N2OS/c1-10(2)13-12(9-17-16(4,5)6)20-15(18-13)14-11(3)7-8-19-14/h7-8,10,17H,9H2,1-6H3. The van der Waals surface area contributed by atoms with Crippen LogP contribution < -0.4 is 5.32 Å². The van der Waals surface area contributed by atoms with E-state index in [1.807, 2.05) is 6.07 Å². The van der Waals surface area contributed by atoms with Crippen molar-refractivity contribution in [2.45, 2.75) is 59.5 Å². The van der Waals surface area contributed by atoms with E-state index in [4.69, 9.17) is 9.40 Å². The third-order valence-electron chi connectivity index (χ3n) is 3.11. The van der Waals surface area contributed by atoms with Gasteiger partial charge in [-0.25, -0.2) is 4.98 Å². The van der Waals surface area contributed by atoms with Crippen molar-refractivity contribution in [1.82, 2.24) is 10.3 Å². The van der Waals surface area contributed by atoms with Gasteiger partial charge in [0, 0.05) is 17.0 Å². The lowest BCUT2D eigenvalue weighted by molar-refractivity contribution is 0.425. The highest BCUT2D eigenvalue weighted by atomic mass is 32.1. The zero-order valence-electron chi connectivity index (χ0n) is 13.2. The number of furan rings is 1. The van der Waals surface area contributed by atoms with Crippen molar-refractivity contribution in [3.63, 3.8) is 0 Å². The molecule has 110 valence electrons. The van der Waals surface area contributed by atoms with Gasteiger partial charge in [0.2, 0.25) is 0 Å². The molecule has 2 aromatic rings. The summed E-state index contributed by atoms with van der Waals surface area (Å²) in [7, 11) is 0. The summed E-state index contributed by atoms with van der Waals surface area (Å²) in [4.78, 5) is 6.10. The Bertz CT molecular complexity index is 576. The number of nitrogens with zero attached hydrogens (tertiary/aromatic N) is 1. The first-order chi connectivity index (χ1) is 9.28. The second-order valence-corrected chi connectivity index (χ2v) is 7.60. The maximum atomic E-state index is 5.57. The van der Waals surface area contributed by atoms with Gasteiger partial charge >= 0.3 is 0 Å². The second kappa shape index (κ2) is 5.70. The first-order valence-electron chi connectivity index (χ1n) is 7.07. The van der Waals surface area contributed by atoms with E-state index in [1.165, 1.54) is 10.6 Å². The monoisotopic (exact) mass is 292 g/mol. The van der Waals surface area contributed by atoms with Crippen LogP contribution in [0.4, 0.5) is 0 Å². The van der Waals surface area contributed by atoms with Crippen LogP contribution in [0.2, 0.25) is 0 Å². The van der Waals surface area contributed by atoms with Gasteiger partial charge in [0.05, 0.1) is 12.0 Å². The van der Waals surface area contributed by atoms with E-state index >= 15 is 0 Å². The third-order valence-corrected chi connectivity index (χ3v) is 4.18.